The quantitative estimate of drug-likeness (QED) is 0.855. The molecule has 0 radical (unpaired) electrons. The van der Waals surface area contributed by atoms with Gasteiger partial charge in [-0.1, -0.05) is 30.3 Å². The fourth-order valence-corrected chi connectivity index (χ4v) is 5.48. The van der Waals surface area contributed by atoms with E-state index in [9.17, 15) is 13.2 Å². The third-order valence-electron chi connectivity index (χ3n) is 5.08. The Morgan fingerprint density at radius 1 is 1.21 bits per heavy atom. The van der Waals surface area contributed by atoms with Gasteiger partial charge in [0.1, 0.15) is 0 Å². The van der Waals surface area contributed by atoms with Crippen molar-refractivity contribution in [2.45, 2.75) is 43.3 Å². The number of morpholine rings is 1. The number of fused-ring (bicyclic) bond motifs is 2. The molecule has 2 saturated heterocycles. The van der Waals surface area contributed by atoms with E-state index in [0.29, 0.717) is 26.1 Å². The zero-order valence-corrected chi connectivity index (χ0v) is 14.2. The molecule has 3 fully saturated rings. The van der Waals surface area contributed by atoms with Gasteiger partial charge in [0, 0.05) is 19.6 Å². The van der Waals surface area contributed by atoms with Crippen LogP contribution in [0.3, 0.4) is 0 Å². The van der Waals surface area contributed by atoms with Crippen molar-refractivity contribution in [3.63, 3.8) is 0 Å². The second kappa shape index (κ2) is 6.13. The van der Waals surface area contributed by atoms with Crippen LogP contribution in [0.15, 0.2) is 30.3 Å². The lowest BCUT2D eigenvalue weighted by molar-refractivity contribution is -0.127. The van der Waals surface area contributed by atoms with Crippen LogP contribution < -0.4 is 5.32 Å². The molecule has 130 valence electrons. The summed E-state index contributed by atoms with van der Waals surface area (Å²) in [5.74, 6) is -0.310. The summed E-state index contributed by atoms with van der Waals surface area (Å²) in [4.78, 5) is 12.5. The molecule has 1 aliphatic carbocycles. The van der Waals surface area contributed by atoms with E-state index in [0.717, 1.165) is 18.4 Å². The molecule has 0 unspecified atom stereocenters. The molecule has 6 nitrogen and oxygen atoms in total. The van der Waals surface area contributed by atoms with Crippen LogP contribution in [-0.4, -0.2) is 49.2 Å². The minimum absolute atomic E-state index is 0.0444. The van der Waals surface area contributed by atoms with E-state index in [1.165, 1.54) is 0 Å². The van der Waals surface area contributed by atoms with E-state index < -0.39 is 10.0 Å². The number of carbonyl (C=O) groups excluding carboxylic acids is 1. The molecule has 1 amide bonds. The van der Waals surface area contributed by atoms with E-state index >= 15 is 0 Å². The number of carbonyl (C=O) groups is 1. The molecule has 2 bridgehead atoms. The van der Waals surface area contributed by atoms with Gasteiger partial charge in [0.2, 0.25) is 15.9 Å². The fourth-order valence-electron chi connectivity index (χ4n) is 3.60. The van der Waals surface area contributed by atoms with E-state index in [4.69, 9.17) is 4.74 Å². The fraction of sp³-hybridized carbons (Fsp3) is 0.588. The first kappa shape index (κ1) is 16.1. The smallest absolute Gasteiger partial charge is 0.226 e. The molecular formula is C17H22N2O4S. The Hall–Kier alpha value is -1.44. The Morgan fingerprint density at radius 2 is 1.96 bits per heavy atom. The topological polar surface area (TPSA) is 75.7 Å². The van der Waals surface area contributed by atoms with E-state index in [1.54, 1.807) is 4.31 Å². The van der Waals surface area contributed by atoms with E-state index in [2.05, 4.69) is 5.32 Å². The van der Waals surface area contributed by atoms with Crippen molar-refractivity contribution < 1.29 is 17.9 Å². The Morgan fingerprint density at radius 3 is 2.67 bits per heavy atom. The molecule has 2 heterocycles. The molecular weight excluding hydrogens is 328 g/mol. The lowest BCUT2D eigenvalue weighted by atomic mass is 9.99. The number of hydrogen-bond acceptors (Lipinski definition) is 4. The van der Waals surface area contributed by atoms with Gasteiger partial charge in [-0.15, -0.1) is 0 Å². The van der Waals surface area contributed by atoms with E-state index in [1.807, 2.05) is 30.3 Å². The third-order valence-corrected chi connectivity index (χ3v) is 7.41. The van der Waals surface area contributed by atoms with Crippen LogP contribution in [0.5, 0.6) is 0 Å². The minimum atomic E-state index is -3.20. The third kappa shape index (κ3) is 3.08. The number of rotatable bonds is 5. The first-order valence-corrected chi connectivity index (χ1v) is 10.0. The number of hydrogen-bond donors (Lipinski definition) is 1. The van der Waals surface area contributed by atoms with Gasteiger partial charge < -0.3 is 10.1 Å². The number of ether oxygens (including phenoxy) is 1. The predicted molar refractivity (Wildman–Crippen MR) is 88.6 cm³/mol. The molecule has 0 spiro atoms. The Labute approximate surface area is 142 Å². The van der Waals surface area contributed by atoms with Gasteiger partial charge in [-0.3, -0.25) is 4.79 Å². The Bertz CT molecular complexity index is 717. The van der Waals surface area contributed by atoms with Crippen molar-refractivity contribution in [1.82, 2.24) is 9.62 Å². The lowest BCUT2D eigenvalue weighted by Crippen LogP contribution is -2.48. The second-order valence-electron chi connectivity index (χ2n) is 6.90. The molecule has 7 heteroatoms. The van der Waals surface area contributed by atoms with Gasteiger partial charge in [-0.05, 0) is 24.8 Å². The normalized spacial score (nSPS) is 30.2. The predicted octanol–water partition coefficient (Wildman–Crippen LogP) is 0.884. The summed E-state index contributed by atoms with van der Waals surface area (Å²) in [5, 5.41) is 2.75. The Balaban J connectivity index is 1.38. The maximum Gasteiger partial charge on any atom is 0.226 e. The number of benzene rings is 1. The standard InChI is InChI=1S/C17H22N2O4S/c20-17(18-9-12-4-2-1-3-5-12)15-8-13-10-19(11-16(15)23-13)24(21,22)14-6-7-14/h1-5,13-16H,6-11H2,(H,18,20)/t13-,15-,16-/m0/s1. The largest absolute Gasteiger partial charge is 0.371 e. The van der Waals surface area contributed by atoms with Crippen molar-refractivity contribution in [3.8, 4) is 0 Å². The highest BCUT2D eigenvalue weighted by molar-refractivity contribution is 7.90. The van der Waals surface area contributed by atoms with Crippen LogP contribution >= 0.6 is 0 Å². The number of amides is 1. The van der Waals surface area contributed by atoms with Crippen LogP contribution in [0.2, 0.25) is 0 Å². The Kier molecular flexibility index (Phi) is 4.10. The zero-order chi connectivity index (χ0) is 16.7. The molecule has 1 N–H and O–H groups in total. The second-order valence-corrected chi connectivity index (χ2v) is 9.12. The summed E-state index contributed by atoms with van der Waals surface area (Å²) >= 11 is 0. The van der Waals surface area contributed by atoms with Crippen molar-refractivity contribution in [1.29, 1.82) is 0 Å². The maximum absolute atomic E-state index is 12.5. The SMILES string of the molecule is O=C(NCc1ccccc1)[C@H]1C[C@H]2CN(S(=O)(=O)C3CC3)C[C@@H]1O2. The van der Waals surface area contributed by atoms with Gasteiger partial charge in [0.25, 0.3) is 0 Å². The van der Waals surface area contributed by atoms with Crippen LogP contribution in [0, 0.1) is 5.92 Å². The average Bonchev–Trinajstić information content (AvgIpc) is 3.40. The molecule has 3 atom stereocenters. The number of sulfonamides is 1. The first-order chi connectivity index (χ1) is 11.5. The summed E-state index contributed by atoms with van der Waals surface area (Å²) in [6, 6.07) is 9.75. The summed E-state index contributed by atoms with van der Waals surface area (Å²) < 4.78 is 32.2. The minimum Gasteiger partial charge on any atom is -0.371 e. The summed E-state index contributed by atoms with van der Waals surface area (Å²) in [6.45, 7) is 1.17. The molecule has 1 aromatic carbocycles. The zero-order valence-electron chi connectivity index (χ0n) is 13.4. The monoisotopic (exact) mass is 350 g/mol. The molecule has 4 rings (SSSR count). The lowest BCUT2D eigenvalue weighted by Gasteiger charge is -2.32. The van der Waals surface area contributed by atoms with Crippen LogP contribution in [-0.2, 0) is 26.1 Å². The highest BCUT2D eigenvalue weighted by Gasteiger charge is 2.50. The molecule has 1 aromatic rings. The number of nitrogens with one attached hydrogen (secondary N) is 1. The van der Waals surface area contributed by atoms with Crippen molar-refractivity contribution >= 4 is 15.9 Å². The van der Waals surface area contributed by atoms with Crippen LogP contribution in [0.25, 0.3) is 0 Å². The van der Waals surface area contributed by atoms with Gasteiger partial charge in [-0.2, -0.15) is 4.31 Å². The summed E-state index contributed by atoms with van der Waals surface area (Å²) in [7, 11) is -3.20. The first-order valence-electron chi connectivity index (χ1n) is 8.50. The van der Waals surface area contributed by atoms with Crippen molar-refractivity contribution in [3.05, 3.63) is 35.9 Å². The molecule has 3 aliphatic rings. The highest BCUT2D eigenvalue weighted by atomic mass is 32.2. The van der Waals surface area contributed by atoms with Crippen LogP contribution in [0.4, 0.5) is 0 Å². The van der Waals surface area contributed by atoms with E-state index in [-0.39, 0.29) is 29.3 Å². The van der Waals surface area contributed by atoms with Gasteiger partial charge in [0.05, 0.1) is 23.4 Å². The highest BCUT2D eigenvalue weighted by Crippen LogP contribution is 2.37. The number of nitrogens with zero attached hydrogens (tertiary/aromatic N) is 1. The summed E-state index contributed by atoms with van der Waals surface area (Å²) in [5.41, 5.74) is 1.05. The maximum atomic E-state index is 12.5. The molecule has 24 heavy (non-hydrogen) atoms. The molecule has 1 saturated carbocycles. The molecule has 2 aliphatic heterocycles. The van der Waals surface area contributed by atoms with Crippen LogP contribution in [0.1, 0.15) is 24.8 Å². The van der Waals surface area contributed by atoms with Crippen molar-refractivity contribution in [2.24, 2.45) is 5.92 Å². The summed E-state index contributed by atoms with van der Waals surface area (Å²) in [6.07, 6.45) is 1.63. The van der Waals surface area contributed by atoms with Crippen molar-refractivity contribution in [2.75, 3.05) is 13.1 Å². The molecule has 0 aromatic heterocycles. The van der Waals surface area contributed by atoms with Gasteiger partial charge >= 0.3 is 0 Å². The van der Waals surface area contributed by atoms with Gasteiger partial charge in [0.15, 0.2) is 0 Å². The average molecular weight is 350 g/mol. The van der Waals surface area contributed by atoms with Gasteiger partial charge in [-0.25, -0.2) is 8.42 Å².